The van der Waals surface area contributed by atoms with Crippen LogP contribution in [0.25, 0.3) is 6.08 Å². The number of carboxylic acid groups (broad SMARTS) is 1. The van der Waals surface area contributed by atoms with E-state index >= 15 is 0 Å². The van der Waals surface area contributed by atoms with Crippen molar-refractivity contribution >= 4 is 12.0 Å². The molecule has 1 aliphatic carbocycles. The van der Waals surface area contributed by atoms with Gasteiger partial charge in [0.2, 0.25) is 0 Å². The number of halogens is 1. The molecule has 2 atom stereocenters. The van der Waals surface area contributed by atoms with Crippen LogP contribution in [0.4, 0.5) is 4.39 Å². The Labute approximate surface area is 87.0 Å². The molecule has 1 aliphatic rings. The Morgan fingerprint density at radius 2 is 2.00 bits per heavy atom. The number of carboxylic acids is 1. The summed E-state index contributed by atoms with van der Waals surface area (Å²) in [6.07, 6.45) is 1.83. The van der Waals surface area contributed by atoms with Gasteiger partial charge in [-0.3, -0.25) is 4.79 Å². The van der Waals surface area contributed by atoms with Crippen LogP contribution in [-0.2, 0) is 4.79 Å². The zero-order valence-electron chi connectivity index (χ0n) is 8.06. The first kappa shape index (κ1) is 9.90. The van der Waals surface area contributed by atoms with Crippen molar-refractivity contribution in [3.05, 3.63) is 41.7 Å². The summed E-state index contributed by atoms with van der Waals surface area (Å²) < 4.78 is 13.5. The number of aliphatic carboxylic acids is 1. The number of rotatable bonds is 3. The first-order chi connectivity index (χ1) is 7.18. The van der Waals surface area contributed by atoms with Crippen LogP contribution in [0.15, 0.2) is 36.2 Å². The van der Waals surface area contributed by atoms with E-state index in [0.29, 0.717) is 6.42 Å². The van der Waals surface area contributed by atoms with Crippen LogP contribution < -0.4 is 0 Å². The number of allylic oxidation sites excluding steroid dienone is 1. The summed E-state index contributed by atoms with van der Waals surface area (Å²) in [5.74, 6) is -2.17. The molecule has 3 heteroatoms. The monoisotopic (exact) mass is 206 g/mol. The van der Waals surface area contributed by atoms with E-state index in [2.05, 4.69) is 0 Å². The largest absolute Gasteiger partial charge is 0.481 e. The number of hydrogen-bond donors (Lipinski definition) is 1. The Kier molecular flexibility index (Phi) is 2.54. The van der Waals surface area contributed by atoms with E-state index < -0.39 is 17.8 Å². The first-order valence-electron chi connectivity index (χ1n) is 4.83. The van der Waals surface area contributed by atoms with Gasteiger partial charge in [-0.05, 0) is 18.1 Å². The van der Waals surface area contributed by atoms with Gasteiger partial charge in [0.05, 0.1) is 5.92 Å². The summed E-state index contributed by atoms with van der Waals surface area (Å²) in [6.45, 7) is 0. The highest BCUT2D eigenvalue weighted by Gasteiger charge is 2.46. The van der Waals surface area contributed by atoms with Crippen molar-refractivity contribution in [1.29, 1.82) is 0 Å². The number of hydrogen-bond acceptors (Lipinski definition) is 1. The molecule has 15 heavy (non-hydrogen) atoms. The highest BCUT2D eigenvalue weighted by atomic mass is 19.1. The minimum atomic E-state index is -0.906. The zero-order valence-corrected chi connectivity index (χ0v) is 8.06. The molecule has 2 nitrogen and oxygen atoms in total. The molecule has 0 amide bonds. The van der Waals surface area contributed by atoms with Crippen molar-refractivity contribution in [2.75, 3.05) is 0 Å². The zero-order chi connectivity index (χ0) is 10.8. The SMILES string of the molecule is O=C(O)C1CC1C(F)=Cc1ccccc1. The van der Waals surface area contributed by atoms with E-state index in [0.717, 1.165) is 5.56 Å². The van der Waals surface area contributed by atoms with Crippen molar-refractivity contribution in [2.24, 2.45) is 11.8 Å². The maximum absolute atomic E-state index is 13.5. The Bertz CT molecular complexity index is 397. The Morgan fingerprint density at radius 1 is 1.33 bits per heavy atom. The van der Waals surface area contributed by atoms with Crippen LogP contribution in [0.5, 0.6) is 0 Å². The van der Waals surface area contributed by atoms with E-state index in [1.165, 1.54) is 6.08 Å². The van der Waals surface area contributed by atoms with E-state index in [1.807, 2.05) is 18.2 Å². The molecule has 78 valence electrons. The van der Waals surface area contributed by atoms with Crippen molar-refractivity contribution in [3.63, 3.8) is 0 Å². The normalized spacial score (nSPS) is 25.0. The molecule has 0 radical (unpaired) electrons. The fourth-order valence-corrected chi connectivity index (χ4v) is 1.59. The third kappa shape index (κ3) is 2.24. The van der Waals surface area contributed by atoms with Crippen LogP contribution in [0, 0.1) is 11.8 Å². The van der Waals surface area contributed by atoms with Gasteiger partial charge < -0.3 is 5.11 Å². The summed E-state index contributed by atoms with van der Waals surface area (Å²) in [4.78, 5) is 10.5. The van der Waals surface area contributed by atoms with Gasteiger partial charge in [0.15, 0.2) is 0 Å². The van der Waals surface area contributed by atoms with E-state index in [-0.39, 0.29) is 5.83 Å². The van der Waals surface area contributed by atoms with E-state index in [4.69, 9.17) is 5.11 Å². The van der Waals surface area contributed by atoms with Crippen LogP contribution in [-0.4, -0.2) is 11.1 Å². The Hall–Kier alpha value is -1.64. The van der Waals surface area contributed by atoms with Gasteiger partial charge in [-0.15, -0.1) is 0 Å². The molecule has 2 unspecified atom stereocenters. The molecule has 2 rings (SSSR count). The third-order valence-corrected chi connectivity index (χ3v) is 2.57. The maximum Gasteiger partial charge on any atom is 0.307 e. The molecule has 0 aromatic heterocycles. The summed E-state index contributed by atoms with van der Waals surface area (Å²) in [5, 5.41) is 8.64. The molecule has 1 saturated carbocycles. The molecular weight excluding hydrogens is 195 g/mol. The second kappa shape index (κ2) is 3.85. The molecule has 0 aliphatic heterocycles. The van der Waals surface area contributed by atoms with Gasteiger partial charge in [-0.1, -0.05) is 30.3 Å². The molecule has 1 aromatic carbocycles. The van der Waals surface area contributed by atoms with E-state index in [9.17, 15) is 9.18 Å². The van der Waals surface area contributed by atoms with Crippen LogP contribution in [0.1, 0.15) is 12.0 Å². The average Bonchev–Trinajstić information content (AvgIpc) is 2.98. The van der Waals surface area contributed by atoms with Crippen molar-refractivity contribution < 1.29 is 14.3 Å². The van der Waals surface area contributed by atoms with Crippen molar-refractivity contribution in [3.8, 4) is 0 Å². The number of benzene rings is 1. The lowest BCUT2D eigenvalue weighted by Gasteiger charge is -1.95. The molecule has 0 spiro atoms. The molecule has 0 heterocycles. The lowest BCUT2D eigenvalue weighted by molar-refractivity contribution is -0.138. The number of carbonyl (C=O) groups is 1. The minimum absolute atomic E-state index is 0.325. The fourth-order valence-electron chi connectivity index (χ4n) is 1.59. The fraction of sp³-hybridized carbons (Fsp3) is 0.250. The first-order valence-corrected chi connectivity index (χ1v) is 4.83. The Morgan fingerprint density at radius 3 is 2.53 bits per heavy atom. The standard InChI is InChI=1S/C12H11FO2/c13-11(9-7-10(9)12(14)15)6-8-4-2-1-3-5-8/h1-6,9-10H,7H2,(H,14,15). The van der Waals surface area contributed by atoms with Crippen LogP contribution in [0.3, 0.4) is 0 Å². The predicted molar refractivity (Wildman–Crippen MR) is 54.8 cm³/mol. The van der Waals surface area contributed by atoms with Gasteiger partial charge in [0, 0.05) is 5.92 Å². The average molecular weight is 206 g/mol. The smallest absolute Gasteiger partial charge is 0.307 e. The molecule has 1 aromatic rings. The topological polar surface area (TPSA) is 37.3 Å². The second-order valence-corrected chi connectivity index (χ2v) is 3.73. The quantitative estimate of drug-likeness (QED) is 0.825. The molecule has 1 fully saturated rings. The van der Waals surface area contributed by atoms with Gasteiger partial charge in [-0.2, -0.15) is 0 Å². The summed E-state index contributed by atoms with van der Waals surface area (Å²) in [7, 11) is 0. The van der Waals surface area contributed by atoms with Crippen LogP contribution >= 0.6 is 0 Å². The summed E-state index contributed by atoms with van der Waals surface area (Å²) in [6, 6.07) is 9.07. The maximum atomic E-state index is 13.5. The minimum Gasteiger partial charge on any atom is -0.481 e. The molecule has 0 bridgehead atoms. The van der Waals surface area contributed by atoms with Gasteiger partial charge in [0.1, 0.15) is 5.83 Å². The predicted octanol–water partition coefficient (Wildman–Crippen LogP) is 2.72. The highest BCUT2D eigenvalue weighted by Crippen LogP contribution is 2.45. The van der Waals surface area contributed by atoms with Crippen molar-refractivity contribution in [1.82, 2.24) is 0 Å². The van der Waals surface area contributed by atoms with Crippen LogP contribution in [0.2, 0.25) is 0 Å². The summed E-state index contributed by atoms with van der Waals surface area (Å²) in [5.41, 5.74) is 0.769. The van der Waals surface area contributed by atoms with Gasteiger partial charge >= 0.3 is 5.97 Å². The third-order valence-electron chi connectivity index (χ3n) is 2.57. The van der Waals surface area contributed by atoms with E-state index in [1.54, 1.807) is 12.1 Å². The molecular formula is C12H11FO2. The lowest BCUT2D eigenvalue weighted by Crippen LogP contribution is -1.99. The lowest BCUT2D eigenvalue weighted by atomic mass is 10.1. The van der Waals surface area contributed by atoms with Crippen molar-refractivity contribution in [2.45, 2.75) is 6.42 Å². The molecule has 0 saturated heterocycles. The van der Waals surface area contributed by atoms with Gasteiger partial charge in [0.25, 0.3) is 0 Å². The Balaban J connectivity index is 2.07. The highest BCUT2D eigenvalue weighted by molar-refractivity contribution is 5.75. The summed E-state index contributed by atoms with van der Waals surface area (Å²) >= 11 is 0. The molecule has 1 N–H and O–H groups in total. The second-order valence-electron chi connectivity index (χ2n) is 3.73. The van der Waals surface area contributed by atoms with Gasteiger partial charge in [-0.25, -0.2) is 4.39 Å².